The molecule has 3 rings (SSSR count). The van der Waals surface area contributed by atoms with E-state index < -0.39 is 0 Å². The molecule has 18 heavy (non-hydrogen) atoms. The first-order valence-corrected chi connectivity index (χ1v) is 5.57. The number of benzene rings is 2. The van der Waals surface area contributed by atoms with E-state index in [4.69, 9.17) is 14.3 Å². The summed E-state index contributed by atoms with van der Waals surface area (Å²) in [6, 6.07) is 16.4. The Morgan fingerprint density at radius 2 is 1.22 bits per heavy atom. The maximum absolute atomic E-state index is 8.81. The first-order valence-electron chi connectivity index (χ1n) is 5.57. The summed E-state index contributed by atoms with van der Waals surface area (Å²) in [6.45, 7) is 0. The largest absolute Gasteiger partial charge is 0.457 e. The molecule has 2 aromatic rings. The lowest BCUT2D eigenvalue weighted by molar-refractivity contribution is -0.122. The fourth-order valence-corrected chi connectivity index (χ4v) is 1.82. The molecule has 3 heteroatoms. The van der Waals surface area contributed by atoms with Gasteiger partial charge in [0.1, 0.15) is 11.5 Å². The van der Waals surface area contributed by atoms with Crippen LogP contribution in [0.4, 0.5) is 0 Å². The maximum atomic E-state index is 8.81. The first-order chi connectivity index (χ1) is 8.85. The normalized spacial score (nSPS) is 10.9. The van der Waals surface area contributed by atoms with Gasteiger partial charge in [-0.05, 0) is 23.3 Å². The fraction of sp³-hybridized carbons (Fsp3) is 0.0667. The third-order valence-corrected chi connectivity index (χ3v) is 2.60. The average Bonchev–Trinajstić information content (AvgIpc) is 2.45. The molecule has 0 radical (unpaired) electrons. The summed E-state index contributed by atoms with van der Waals surface area (Å²) < 4.78 is 5.78. The van der Waals surface area contributed by atoms with E-state index in [1.807, 2.05) is 24.3 Å². The van der Waals surface area contributed by atoms with Gasteiger partial charge in [-0.1, -0.05) is 36.4 Å². The molecule has 0 saturated carbocycles. The van der Waals surface area contributed by atoms with E-state index in [2.05, 4.69) is 24.3 Å². The highest BCUT2D eigenvalue weighted by Gasteiger charge is 2.14. The van der Waals surface area contributed by atoms with Crippen molar-refractivity contribution in [1.82, 2.24) is 0 Å². The van der Waals surface area contributed by atoms with Crippen molar-refractivity contribution in [3.63, 3.8) is 0 Å². The molecule has 0 atom stereocenters. The molecule has 0 aromatic heterocycles. The van der Waals surface area contributed by atoms with Gasteiger partial charge < -0.3 is 4.74 Å². The molecule has 0 N–H and O–H groups in total. The van der Waals surface area contributed by atoms with Gasteiger partial charge in [0.15, 0.2) is 12.6 Å². The van der Waals surface area contributed by atoms with E-state index in [0.29, 0.717) is 0 Å². The second kappa shape index (κ2) is 5.77. The van der Waals surface area contributed by atoms with Crippen LogP contribution in [0.5, 0.6) is 11.5 Å². The second-order valence-electron chi connectivity index (χ2n) is 3.77. The Balaban J connectivity index is 0.000000267. The van der Waals surface area contributed by atoms with Crippen LogP contribution in [0.2, 0.25) is 0 Å². The number of para-hydroxylation sites is 2. The standard InChI is InChI=1S/C13H10O.C2H2O2/c1-3-7-12-10(5-1)9-11-6-2-4-8-13(11)14-12;3-1-2-4/h1-8H,9H2;1-2H. The predicted octanol–water partition coefficient (Wildman–Crippen LogP) is 2.77. The van der Waals surface area contributed by atoms with Gasteiger partial charge in [0.25, 0.3) is 0 Å². The zero-order valence-corrected chi connectivity index (χ0v) is 9.71. The van der Waals surface area contributed by atoms with Gasteiger partial charge in [-0.25, -0.2) is 0 Å². The highest BCUT2D eigenvalue weighted by atomic mass is 16.5. The first kappa shape index (κ1) is 12.0. The van der Waals surface area contributed by atoms with Crippen LogP contribution in [0.25, 0.3) is 0 Å². The lowest BCUT2D eigenvalue weighted by Crippen LogP contribution is -2.01. The minimum absolute atomic E-state index is 0.194. The number of aldehydes is 2. The number of carbonyl (C=O) groups is 2. The van der Waals surface area contributed by atoms with Crippen LogP contribution in [-0.2, 0) is 16.0 Å². The topological polar surface area (TPSA) is 43.4 Å². The van der Waals surface area contributed by atoms with E-state index in [0.717, 1.165) is 17.9 Å². The quantitative estimate of drug-likeness (QED) is 0.485. The monoisotopic (exact) mass is 240 g/mol. The van der Waals surface area contributed by atoms with Crippen LogP contribution >= 0.6 is 0 Å². The Bertz CT molecular complexity index is 468. The molecular weight excluding hydrogens is 228 g/mol. The molecule has 2 aromatic carbocycles. The third kappa shape index (κ3) is 2.63. The number of ether oxygens (including phenoxy) is 1. The second-order valence-corrected chi connectivity index (χ2v) is 3.77. The van der Waals surface area contributed by atoms with Crippen molar-refractivity contribution in [2.45, 2.75) is 6.42 Å². The van der Waals surface area contributed by atoms with E-state index in [1.54, 1.807) is 0 Å². The Labute approximate surface area is 105 Å². The molecule has 1 heterocycles. The highest BCUT2D eigenvalue weighted by molar-refractivity contribution is 6.09. The zero-order chi connectivity index (χ0) is 12.8. The smallest absolute Gasteiger partial charge is 0.182 e. The summed E-state index contributed by atoms with van der Waals surface area (Å²) in [4.78, 5) is 17.6. The molecule has 1 aliphatic heterocycles. The summed E-state index contributed by atoms with van der Waals surface area (Å²) in [5, 5.41) is 0. The number of hydrogen-bond donors (Lipinski definition) is 0. The van der Waals surface area contributed by atoms with Crippen LogP contribution < -0.4 is 4.74 Å². The molecule has 0 unspecified atom stereocenters. The van der Waals surface area contributed by atoms with E-state index in [-0.39, 0.29) is 12.6 Å². The van der Waals surface area contributed by atoms with Crippen molar-refractivity contribution >= 4 is 12.6 Å². The summed E-state index contributed by atoms with van der Waals surface area (Å²) in [6.07, 6.45) is 1.37. The molecule has 3 nitrogen and oxygen atoms in total. The number of rotatable bonds is 1. The molecule has 1 aliphatic rings. The van der Waals surface area contributed by atoms with Gasteiger partial charge in [-0.3, -0.25) is 9.59 Å². The van der Waals surface area contributed by atoms with Gasteiger partial charge >= 0.3 is 0 Å². The van der Waals surface area contributed by atoms with Crippen LogP contribution in [0, 0.1) is 0 Å². The lowest BCUT2D eigenvalue weighted by Gasteiger charge is -2.19. The maximum Gasteiger partial charge on any atom is 0.182 e. The molecule has 90 valence electrons. The van der Waals surface area contributed by atoms with Crippen LogP contribution in [-0.4, -0.2) is 12.6 Å². The lowest BCUT2D eigenvalue weighted by atomic mass is 10.0. The Kier molecular flexibility index (Phi) is 3.86. The van der Waals surface area contributed by atoms with Gasteiger partial charge in [0.2, 0.25) is 0 Å². The average molecular weight is 240 g/mol. The minimum Gasteiger partial charge on any atom is -0.457 e. The molecule has 0 bridgehead atoms. The summed E-state index contributed by atoms with van der Waals surface area (Å²) in [7, 11) is 0. The van der Waals surface area contributed by atoms with Crippen molar-refractivity contribution in [1.29, 1.82) is 0 Å². The molecule has 0 aliphatic carbocycles. The molecule has 0 spiro atoms. The highest BCUT2D eigenvalue weighted by Crippen LogP contribution is 2.35. The van der Waals surface area contributed by atoms with Crippen molar-refractivity contribution in [2.24, 2.45) is 0 Å². The minimum atomic E-state index is 0.194. The van der Waals surface area contributed by atoms with Gasteiger partial charge in [-0.2, -0.15) is 0 Å². The molecular formula is C15H12O3. The molecule has 0 amide bonds. The predicted molar refractivity (Wildman–Crippen MR) is 67.9 cm³/mol. The van der Waals surface area contributed by atoms with E-state index >= 15 is 0 Å². The van der Waals surface area contributed by atoms with Crippen molar-refractivity contribution < 1.29 is 14.3 Å². The van der Waals surface area contributed by atoms with Crippen molar-refractivity contribution in [2.75, 3.05) is 0 Å². The Morgan fingerprint density at radius 1 is 0.778 bits per heavy atom. The molecule has 0 fully saturated rings. The Hall–Kier alpha value is -2.42. The zero-order valence-electron chi connectivity index (χ0n) is 9.71. The van der Waals surface area contributed by atoms with E-state index in [1.165, 1.54) is 11.1 Å². The van der Waals surface area contributed by atoms with Crippen molar-refractivity contribution in [3.05, 3.63) is 59.7 Å². The SMILES string of the molecule is O=CC=O.c1ccc2c(c1)Cc1ccccc1O2. The third-order valence-electron chi connectivity index (χ3n) is 2.60. The fourth-order valence-electron chi connectivity index (χ4n) is 1.82. The van der Waals surface area contributed by atoms with Gasteiger partial charge in [-0.15, -0.1) is 0 Å². The number of hydrogen-bond acceptors (Lipinski definition) is 3. The van der Waals surface area contributed by atoms with Gasteiger partial charge in [0, 0.05) is 6.42 Å². The summed E-state index contributed by atoms with van der Waals surface area (Å²) >= 11 is 0. The summed E-state index contributed by atoms with van der Waals surface area (Å²) in [5.41, 5.74) is 2.54. The number of carbonyl (C=O) groups excluding carboxylic acids is 2. The summed E-state index contributed by atoms with van der Waals surface area (Å²) in [5.74, 6) is 1.98. The Morgan fingerprint density at radius 3 is 1.67 bits per heavy atom. The van der Waals surface area contributed by atoms with Crippen LogP contribution in [0.1, 0.15) is 11.1 Å². The van der Waals surface area contributed by atoms with E-state index in [9.17, 15) is 0 Å². The number of fused-ring (bicyclic) bond motifs is 2. The van der Waals surface area contributed by atoms with Crippen molar-refractivity contribution in [3.8, 4) is 11.5 Å². The van der Waals surface area contributed by atoms with Crippen LogP contribution in [0.15, 0.2) is 48.5 Å². The van der Waals surface area contributed by atoms with Crippen LogP contribution in [0.3, 0.4) is 0 Å². The van der Waals surface area contributed by atoms with Gasteiger partial charge in [0.05, 0.1) is 0 Å². The molecule has 0 saturated heterocycles.